The summed E-state index contributed by atoms with van der Waals surface area (Å²) in [5.74, 6) is 1.77. The number of rotatable bonds is 5. The molecule has 2 aromatic heterocycles. The lowest BCUT2D eigenvalue weighted by molar-refractivity contribution is 0.101. The molecule has 29 heavy (non-hydrogen) atoms. The van der Waals surface area contributed by atoms with E-state index in [1.54, 1.807) is 12.4 Å². The summed E-state index contributed by atoms with van der Waals surface area (Å²) in [4.78, 5) is 8.60. The second kappa shape index (κ2) is 7.70. The van der Waals surface area contributed by atoms with Crippen LogP contribution >= 0.6 is 0 Å². The highest BCUT2D eigenvalue weighted by molar-refractivity contribution is 5.90. The van der Waals surface area contributed by atoms with E-state index in [0.717, 1.165) is 45.9 Å². The lowest BCUT2D eigenvalue weighted by Gasteiger charge is -2.19. The molecule has 0 spiro atoms. The molecule has 4 nitrogen and oxygen atoms in total. The van der Waals surface area contributed by atoms with Gasteiger partial charge in [-0.1, -0.05) is 18.2 Å². The number of aryl methyl sites for hydroxylation is 2. The Kier molecular flexibility index (Phi) is 5.10. The Balaban J connectivity index is 1.54. The van der Waals surface area contributed by atoms with Crippen molar-refractivity contribution in [1.82, 2.24) is 9.97 Å². The molecule has 0 aliphatic carbocycles. The molecule has 0 unspecified atom stereocenters. The van der Waals surface area contributed by atoms with Crippen LogP contribution in [0.5, 0.6) is 5.75 Å². The highest BCUT2D eigenvalue weighted by atomic mass is 16.5. The van der Waals surface area contributed by atoms with E-state index in [1.807, 2.05) is 37.4 Å². The zero-order valence-electron chi connectivity index (χ0n) is 17.4. The van der Waals surface area contributed by atoms with Gasteiger partial charge in [0.05, 0.1) is 5.69 Å². The minimum Gasteiger partial charge on any atom is -0.487 e. The van der Waals surface area contributed by atoms with Crippen LogP contribution in [0.3, 0.4) is 0 Å². The van der Waals surface area contributed by atoms with Gasteiger partial charge >= 0.3 is 0 Å². The molecule has 3 aromatic rings. The third kappa shape index (κ3) is 4.32. The van der Waals surface area contributed by atoms with Crippen LogP contribution in [-0.2, 0) is 11.3 Å². The summed E-state index contributed by atoms with van der Waals surface area (Å²) < 4.78 is 12.2. The molecule has 1 aromatic carbocycles. The predicted molar refractivity (Wildman–Crippen MR) is 115 cm³/mol. The fourth-order valence-corrected chi connectivity index (χ4v) is 3.65. The van der Waals surface area contributed by atoms with Crippen molar-refractivity contribution in [3.05, 3.63) is 89.0 Å². The first-order valence-corrected chi connectivity index (χ1v) is 9.89. The Morgan fingerprint density at radius 3 is 2.41 bits per heavy atom. The van der Waals surface area contributed by atoms with Gasteiger partial charge in [0.25, 0.3) is 0 Å². The fraction of sp³-hybridized carbons (Fsp3) is 0.280. The third-order valence-corrected chi connectivity index (χ3v) is 5.10. The Bertz CT molecular complexity index is 1040. The van der Waals surface area contributed by atoms with Gasteiger partial charge in [-0.3, -0.25) is 9.97 Å². The maximum atomic E-state index is 6.27. The number of aromatic nitrogens is 2. The maximum absolute atomic E-state index is 6.27. The first-order valence-electron chi connectivity index (χ1n) is 9.89. The van der Waals surface area contributed by atoms with Crippen LogP contribution in [0.4, 0.5) is 0 Å². The number of ether oxygens (including phenoxy) is 2. The summed E-state index contributed by atoms with van der Waals surface area (Å²) >= 11 is 0. The van der Waals surface area contributed by atoms with Gasteiger partial charge in [0.15, 0.2) is 0 Å². The standard InChI is InChI=1S/C25H26N2O2/c1-17-13-18(2)23(27-15-17)16-28-21-7-5-19(6-8-21)22-14-25(3,4)29-24(22)20-9-11-26-12-10-20/h5-13,15H,14,16H2,1-4H3. The molecule has 0 N–H and O–H groups in total. The third-order valence-electron chi connectivity index (χ3n) is 5.10. The molecule has 3 heterocycles. The highest BCUT2D eigenvalue weighted by Gasteiger charge is 2.33. The molecule has 148 valence electrons. The minimum atomic E-state index is -0.224. The summed E-state index contributed by atoms with van der Waals surface area (Å²) in [6.07, 6.45) is 6.33. The SMILES string of the molecule is Cc1cnc(COc2ccc(C3=C(c4ccncc4)OC(C)(C)C3)cc2)c(C)c1. The van der Waals surface area contributed by atoms with E-state index in [-0.39, 0.29) is 5.60 Å². The summed E-state index contributed by atoms with van der Waals surface area (Å²) in [6, 6.07) is 14.3. The average molecular weight is 386 g/mol. The van der Waals surface area contributed by atoms with Gasteiger partial charge in [-0.2, -0.15) is 0 Å². The van der Waals surface area contributed by atoms with Crippen LogP contribution in [-0.4, -0.2) is 15.6 Å². The van der Waals surface area contributed by atoms with Gasteiger partial charge in [0, 0.05) is 36.1 Å². The molecular formula is C25H26N2O2. The summed E-state index contributed by atoms with van der Waals surface area (Å²) in [6.45, 7) is 8.82. The van der Waals surface area contributed by atoms with Gasteiger partial charge in [0.2, 0.25) is 0 Å². The van der Waals surface area contributed by atoms with Crippen molar-refractivity contribution >= 4 is 11.3 Å². The highest BCUT2D eigenvalue weighted by Crippen LogP contribution is 2.43. The van der Waals surface area contributed by atoms with Crippen molar-refractivity contribution in [2.75, 3.05) is 0 Å². The van der Waals surface area contributed by atoms with E-state index in [2.05, 4.69) is 48.9 Å². The van der Waals surface area contributed by atoms with E-state index >= 15 is 0 Å². The first kappa shape index (κ1) is 19.2. The molecule has 0 amide bonds. The summed E-state index contributed by atoms with van der Waals surface area (Å²) in [5, 5.41) is 0. The van der Waals surface area contributed by atoms with Crippen molar-refractivity contribution in [2.45, 2.75) is 46.3 Å². The van der Waals surface area contributed by atoms with E-state index in [1.165, 1.54) is 5.57 Å². The van der Waals surface area contributed by atoms with E-state index in [9.17, 15) is 0 Å². The number of hydrogen-bond donors (Lipinski definition) is 0. The monoisotopic (exact) mass is 386 g/mol. The maximum Gasteiger partial charge on any atom is 0.131 e. The second-order valence-electron chi connectivity index (χ2n) is 8.17. The van der Waals surface area contributed by atoms with Crippen molar-refractivity contribution in [2.24, 2.45) is 0 Å². The zero-order chi connectivity index (χ0) is 20.4. The molecule has 0 saturated carbocycles. The molecule has 0 radical (unpaired) electrons. The number of nitrogens with zero attached hydrogens (tertiary/aromatic N) is 2. The molecule has 0 saturated heterocycles. The van der Waals surface area contributed by atoms with E-state index in [0.29, 0.717) is 6.61 Å². The van der Waals surface area contributed by atoms with Crippen molar-refractivity contribution in [1.29, 1.82) is 0 Å². The molecule has 4 heteroatoms. The van der Waals surface area contributed by atoms with Gasteiger partial charge < -0.3 is 9.47 Å². The Morgan fingerprint density at radius 1 is 1.00 bits per heavy atom. The van der Waals surface area contributed by atoms with Crippen LogP contribution in [0.25, 0.3) is 11.3 Å². The van der Waals surface area contributed by atoms with Gasteiger partial charge in [-0.25, -0.2) is 0 Å². The first-order chi connectivity index (χ1) is 13.9. The molecular weight excluding hydrogens is 360 g/mol. The quantitative estimate of drug-likeness (QED) is 0.561. The predicted octanol–water partition coefficient (Wildman–Crippen LogP) is 5.74. The fourth-order valence-electron chi connectivity index (χ4n) is 3.65. The minimum absolute atomic E-state index is 0.224. The van der Waals surface area contributed by atoms with Gasteiger partial charge in [-0.15, -0.1) is 0 Å². The number of benzene rings is 1. The van der Waals surface area contributed by atoms with Gasteiger partial charge in [0.1, 0.15) is 23.7 Å². The zero-order valence-corrected chi connectivity index (χ0v) is 17.4. The second-order valence-corrected chi connectivity index (χ2v) is 8.17. The molecule has 0 atom stereocenters. The Labute approximate surface area is 172 Å². The Hall–Kier alpha value is -3.14. The lowest BCUT2D eigenvalue weighted by atomic mass is 9.94. The van der Waals surface area contributed by atoms with Crippen molar-refractivity contribution < 1.29 is 9.47 Å². The summed E-state index contributed by atoms with van der Waals surface area (Å²) in [5.41, 5.74) is 6.48. The lowest BCUT2D eigenvalue weighted by Crippen LogP contribution is -2.17. The van der Waals surface area contributed by atoms with Crippen molar-refractivity contribution in [3.63, 3.8) is 0 Å². The van der Waals surface area contributed by atoms with Crippen LogP contribution < -0.4 is 4.74 Å². The summed E-state index contributed by atoms with van der Waals surface area (Å²) in [7, 11) is 0. The van der Waals surface area contributed by atoms with Crippen LogP contribution in [0.2, 0.25) is 0 Å². The molecule has 4 rings (SSSR count). The molecule has 0 bridgehead atoms. The van der Waals surface area contributed by atoms with Crippen LogP contribution in [0.1, 0.15) is 48.2 Å². The normalized spacial score (nSPS) is 15.3. The van der Waals surface area contributed by atoms with Crippen LogP contribution in [0.15, 0.2) is 61.1 Å². The van der Waals surface area contributed by atoms with Crippen LogP contribution in [0, 0.1) is 13.8 Å². The molecule has 1 aliphatic rings. The molecule has 1 aliphatic heterocycles. The largest absolute Gasteiger partial charge is 0.487 e. The number of pyridine rings is 2. The number of hydrogen-bond acceptors (Lipinski definition) is 4. The molecule has 0 fully saturated rings. The van der Waals surface area contributed by atoms with E-state index in [4.69, 9.17) is 9.47 Å². The van der Waals surface area contributed by atoms with E-state index < -0.39 is 0 Å². The van der Waals surface area contributed by atoms with Gasteiger partial charge in [-0.05, 0) is 68.7 Å². The topological polar surface area (TPSA) is 44.2 Å². The smallest absolute Gasteiger partial charge is 0.131 e. The Morgan fingerprint density at radius 2 is 1.72 bits per heavy atom. The average Bonchev–Trinajstić information content (AvgIpc) is 3.04. The van der Waals surface area contributed by atoms with Crippen molar-refractivity contribution in [3.8, 4) is 5.75 Å².